The molecule has 102 valence electrons. The highest BCUT2D eigenvalue weighted by Crippen LogP contribution is 2.36. The van der Waals surface area contributed by atoms with Crippen molar-refractivity contribution in [2.45, 2.75) is 31.8 Å². The van der Waals surface area contributed by atoms with E-state index in [2.05, 4.69) is 12.1 Å². The van der Waals surface area contributed by atoms with Crippen LogP contribution < -0.4 is 0 Å². The summed E-state index contributed by atoms with van der Waals surface area (Å²) in [4.78, 5) is 0. The Balaban J connectivity index is 1.74. The molecule has 0 amide bonds. The Morgan fingerprint density at radius 2 is 1.85 bits per heavy atom. The number of hydrogen-bond donors (Lipinski definition) is 1. The fourth-order valence-corrected chi connectivity index (χ4v) is 3.13. The largest absolute Gasteiger partial charge is 0.456 e. The summed E-state index contributed by atoms with van der Waals surface area (Å²) in [5, 5.41) is 12.6. The van der Waals surface area contributed by atoms with E-state index >= 15 is 0 Å². The molecular formula is C18H18O2. The lowest BCUT2D eigenvalue weighted by Gasteiger charge is -2.27. The first kappa shape index (κ1) is 12.0. The predicted molar refractivity (Wildman–Crippen MR) is 80.6 cm³/mol. The number of aliphatic hydroxyl groups excluding tert-OH is 1. The summed E-state index contributed by atoms with van der Waals surface area (Å²) in [5.41, 5.74) is 2.81. The lowest BCUT2D eigenvalue weighted by Crippen LogP contribution is -2.14. The molecule has 1 aliphatic carbocycles. The summed E-state index contributed by atoms with van der Waals surface area (Å²) in [5.74, 6) is 0.710. The minimum Gasteiger partial charge on any atom is -0.456 e. The predicted octanol–water partition coefficient (Wildman–Crippen LogP) is 4.81. The first-order chi connectivity index (χ1) is 9.81. The second-order valence-corrected chi connectivity index (χ2v) is 5.90. The molecule has 0 saturated heterocycles. The molecular weight excluding hydrogens is 248 g/mol. The molecule has 1 aliphatic rings. The Kier molecular flexibility index (Phi) is 2.78. The monoisotopic (exact) mass is 266 g/mol. The molecule has 1 aromatic heterocycles. The van der Waals surface area contributed by atoms with Gasteiger partial charge in [0.15, 0.2) is 0 Å². The van der Waals surface area contributed by atoms with Crippen LogP contribution in [0.25, 0.3) is 21.9 Å². The standard InChI is InChI=1S/C18H18O2/c19-16(10-12-4-3-5-12)13-8-9-18-15(11-13)14-6-1-2-7-17(14)20-18/h1-2,6-9,11-12,16,19H,3-5,10H2. The first-order valence-electron chi connectivity index (χ1n) is 7.40. The van der Waals surface area contributed by atoms with Gasteiger partial charge in [-0.3, -0.25) is 0 Å². The van der Waals surface area contributed by atoms with Crippen LogP contribution in [-0.4, -0.2) is 5.11 Å². The third kappa shape index (κ3) is 1.92. The third-order valence-corrected chi connectivity index (χ3v) is 4.57. The Morgan fingerprint density at radius 3 is 2.65 bits per heavy atom. The van der Waals surface area contributed by atoms with Gasteiger partial charge in [-0.15, -0.1) is 0 Å². The maximum absolute atomic E-state index is 10.4. The second-order valence-electron chi connectivity index (χ2n) is 5.90. The number of rotatable bonds is 3. The highest BCUT2D eigenvalue weighted by Gasteiger charge is 2.22. The van der Waals surface area contributed by atoms with Crippen LogP contribution in [0, 0.1) is 5.92 Å². The van der Waals surface area contributed by atoms with Gasteiger partial charge >= 0.3 is 0 Å². The number of para-hydroxylation sites is 1. The molecule has 1 fully saturated rings. The van der Waals surface area contributed by atoms with Gasteiger partial charge in [-0.2, -0.15) is 0 Å². The van der Waals surface area contributed by atoms with E-state index in [4.69, 9.17) is 4.42 Å². The van der Waals surface area contributed by atoms with E-state index in [0.717, 1.165) is 33.9 Å². The number of furan rings is 1. The SMILES string of the molecule is OC(CC1CCC1)c1ccc2oc3ccccc3c2c1. The van der Waals surface area contributed by atoms with Crippen molar-refractivity contribution in [3.8, 4) is 0 Å². The van der Waals surface area contributed by atoms with Crippen LogP contribution >= 0.6 is 0 Å². The van der Waals surface area contributed by atoms with Crippen molar-refractivity contribution in [3.05, 3.63) is 48.0 Å². The Morgan fingerprint density at radius 1 is 1.05 bits per heavy atom. The van der Waals surface area contributed by atoms with E-state index in [1.54, 1.807) is 0 Å². The summed E-state index contributed by atoms with van der Waals surface area (Å²) < 4.78 is 5.82. The molecule has 3 aromatic rings. The van der Waals surface area contributed by atoms with Crippen molar-refractivity contribution >= 4 is 21.9 Å². The Hall–Kier alpha value is -1.80. The molecule has 0 aliphatic heterocycles. The third-order valence-electron chi connectivity index (χ3n) is 4.57. The van der Waals surface area contributed by atoms with Crippen molar-refractivity contribution < 1.29 is 9.52 Å². The molecule has 2 heteroatoms. The van der Waals surface area contributed by atoms with E-state index in [1.165, 1.54) is 19.3 Å². The molecule has 20 heavy (non-hydrogen) atoms. The van der Waals surface area contributed by atoms with E-state index in [1.807, 2.05) is 30.3 Å². The van der Waals surface area contributed by atoms with Crippen LogP contribution in [0.3, 0.4) is 0 Å². The summed E-state index contributed by atoms with van der Waals surface area (Å²) in [6.45, 7) is 0. The Labute approximate surface area is 118 Å². The quantitative estimate of drug-likeness (QED) is 0.738. The summed E-state index contributed by atoms with van der Waals surface area (Å²) in [6.07, 6.45) is 4.41. The smallest absolute Gasteiger partial charge is 0.135 e. The lowest BCUT2D eigenvalue weighted by atomic mass is 9.80. The summed E-state index contributed by atoms with van der Waals surface area (Å²) in [7, 11) is 0. The molecule has 1 atom stereocenters. The van der Waals surface area contributed by atoms with Crippen molar-refractivity contribution in [2.75, 3.05) is 0 Å². The summed E-state index contributed by atoms with van der Waals surface area (Å²) in [6, 6.07) is 14.1. The molecule has 1 heterocycles. The number of aliphatic hydroxyl groups is 1. The van der Waals surface area contributed by atoms with Crippen LogP contribution in [0.5, 0.6) is 0 Å². The zero-order chi connectivity index (χ0) is 13.5. The average molecular weight is 266 g/mol. The van der Waals surface area contributed by atoms with E-state index < -0.39 is 0 Å². The Bertz CT molecular complexity index is 752. The van der Waals surface area contributed by atoms with Crippen molar-refractivity contribution in [1.82, 2.24) is 0 Å². The highest BCUT2D eigenvalue weighted by molar-refractivity contribution is 6.04. The fourth-order valence-electron chi connectivity index (χ4n) is 3.13. The molecule has 1 unspecified atom stereocenters. The van der Waals surface area contributed by atoms with Crippen LogP contribution in [0.15, 0.2) is 46.9 Å². The highest BCUT2D eigenvalue weighted by atomic mass is 16.3. The minimum atomic E-state index is -0.349. The topological polar surface area (TPSA) is 33.4 Å². The summed E-state index contributed by atoms with van der Waals surface area (Å²) >= 11 is 0. The normalized spacial score (nSPS) is 17.4. The van der Waals surface area contributed by atoms with Crippen LogP contribution in [-0.2, 0) is 0 Å². The van der Waals surface area contributed by atoms with Gasteiger partial charge in [-0.25, -0.2) is 0 Å². The maximum Gasteiger partial charge on any atom is 0.135 e. The van der Waals surface area contributed by atoms with Crippen molar-refractivity contribution in [3.63, 3.8) is 0 Å². The van der Waals surface area contributed by atoms with Crippen LogP contribution in [0.1, 0.15) is 37.4 Å². The van der Waals surface area contributed by atoms with E-state index in [-0.39, 0.29) is 6.10 Å². The minimum absolute atomic E-state index is 0.349. The van der Waals surface area contributed by atoms with Crippen LogP contribution in [0.4, 0.5) is 0 Å². The van der Waals surface area contributed by atoms with Gasteiger partial charge in [-0.05, 0) is 36.1 Å². The molecule has 1 N–H and O–H groups in total. The maximum atomic E-state index is 10.4. The van der Waals surface area contributed by atoms with Gasteiger partial charge in [0, 0.05) is 10.8 Å². The fraction of sp³-hybridized carbons (Fsp3) is 0.333. The molecule has 0 radical (unpaired) electrons. The number of fused-ring (bicyclic) bond motifs is 3. The number of hydrogen-bond acceptors (Lipinski definition) is 2. The molecule has 0 spiro atoms. The zero-order valence-corrected chi connectivity index (χ0v) is 11.4. The molecule has 2 aromatic carbocycles. The molecule has 1 saturated carbocycles. The second kappa shape index (κ2) is 4.64. The van der Waals surface area contributed by atoms with E-state index in [0.29, 0.717) is 5.92 Å². The molecule has 4 rings (SSSR count). The number of benzene rings is 2. The van der Waals surface area contributed by atoms with Crippen molar-refractivity contribution in [1.29, 1.82) is 0 Å². The molecule has 0 bridgehead atoms. The van der Waals surface area contributed by atoms with E-state index in [9.17, 15) is 5.11 Å². The first-order valence-corrected chi connectivity index (χ1v) is 7.40. The van der Waals surface area contributed by atoms with Crippen LogP contribution in [0.2, 0.25) is 0 Å². The van der Waals surface area contributed by atoms with Gasteiger partial charge in [0.05, 0.1) is 6.10 Å². The van der Waals surface area contributed by atoms with Gasteiger partial charge in [0.2, 0.25) is 0 Å². The van der Waals surface area contributed by atoms with Gasteiger partial charge in [0.25, 0.3) is 0 Å². The zero-order valence-electron chi connectivity index (χ0n) is 11.4. The van der Waals surface area contributed by atoms with Gasteiger partial charge in [0.1, 0.15) is 11.2 Å². The molecule has 2 nitrogen and oxygen atoms in total. The van der Waals surface area contributed by atoms with Crippen molar-refractivity contribution in [2.24, 2.45) is 5.92 Å². The average Bonchev–Trinajstić information content (AvgIpc) is 2.80. The van der Waals surface area contributed by atoms with Gasteiger partial charge < -0.3 is 9.52 Å². The lowest BCUT2D eigenvalue weighted by molar-refractivity contribution is 0.118. The van der Waals surface area contributed by atoms with Gasteiger partial charge in [-0.1, -0.05) is 43.5 Å².